The molecular weight excluding hydrogens is 324 g/mol. The van der Waals surface area contributed by atoms with Crippen molar-refractivity contribution >= 4 is 21.6 Å². The number of anilines is 1. The number of benzene rings is 1. The summed E-state index contributed by atoms with van der Waals surface area (Å²) in [5.74, 6) is 0.905. The second-order valence-corrected chi connectivity index (χ2v) is 7.48. The van der Waals surface area contributed by atoms with Crippen LogP contribution in [0.1, 0.15) is 58.6 Å². The Labute approximate surface area is 138 Å². The normalized spacial score (nSPS) is 16.3. The van der Waals surface area contributed by atoms with Crippen molar-refractivity contribution in [2.24, 2.45) is 5.92 Å². The van der Waals surface area contributed by atoms with Gasteiger partial charge < -0.3 is 10.2 Å². The van der Waals surface area contributed by atoms with Crippen molar-refractivity contribution in [3.8, 4) is 0 Å². The third-order valence-corrected chi connectivity index (χ3v) is 4.73. The number of nitrogens with zero attached hydrogens (tertiary/aromatic N) is 1. The van der Waals surface area contributed by atoms with Gasteiger partial charge in [0, 0.05) is 28.8 Å². The van der Waals surface area contributed by atoms with Crippen LogP contribution in [0.3, 0.4) is 0 Å². The summed E-state index contributed by atoms with van der Waals surface area (Å²) in [5, 5.41) is 3.63. The molecule has 21 heavy (non-hydrogen) atoms. The maximum absolute atomic E-state index is 3.64. The maximum Gasteiger partial charge on any atom is 0.0417 e. The molecule has 0 amide bonds. The fraction of sp³-hybridized carbons (Fsp3) is 0.667. The molecule has 1 aliphatic rings. The van der Waals surface area contributed by atoms with E-state index in [1.165, 1.54) is 41.5 Å². The fourth-order valence-electron chi connectivity index (χ4n) is 2.77. The second kappa shape index (κ2) is 7.64. The van der Waals surface area contributed by atoms with E-state index in [2.05, 4.69) is 72.0 Å². The molecule has 1 fully saturated rings. The Morgan fingerprint density at radius 3 is 2.57 bits per heavy atom. The molecule has 2 rings (SSSR count). The largest absolute Gasteiger partial charge is 0.369 e. The minimum atomic E-state index is 0.387. The summed E-state index contributed by atoms with van der Waals surface area (Å²) in [6.07, 6.45) is 3.97. The highest BCUT2D eigenvalue weighted by Crippen LogP contribution is 2.36. The molecule has 1 aromatic rings. The summed E-state index contributed by atoms with van der Waals surface area (Å²) in [4.78, 5) is 2.59. The minimum Gasteiger partial charge on any atom is -0.369 e. The Morgan fingerprint density at radius 2 is 2.00 bits per heavy atom. The van der Waals surface area contributed by atoms with Crippen molar-refractivity contribution < 1.29 is 0 Å². The van der Waals surface area contributed by atoms with Gasteiger partial charge in [-0.15, -0.1) is 0 Å². The molecule has 118 valence electrons. The van der Waals surface area contributed by atoms with Gasteiger partial charge >= 0.3 is 0 Å². The van der Waals surface area contributed by atoms with E-state index in [0.717, 1.165) is 12.5 Å². The van der Waals surface area contributed by atoms with E-state index in [1.807, 2.05) is 0 Å². The highest BCUT2D eigenvalue weighted by atomic mass is 79.9. The monoisotopic (exact) mass is 352 g/mol. The van der Waals surface area contributed by atoms with Crippen LogP contribution in [0.15, 0.2) is 22.7 Å². The summed E-state index contributed by atoms with van der Waals surface area (Å²) in [7, 11) is 0. The van der Waals surface area contributed by atoms with Crippen LogP contribution < -0.4 is 10.2 Å². The number of rotatable bonds is 8. The average molecular weight is 353 g/mol. The SMILES string of the molecule is CCCNC(C)c1cc(Br)ccc1N(CC1CC1)C(C)C. The topological polar surface area (TPSA) is 15.3 Å². The van der Waals surface area contributed by atoms with Gasteiger partial charge in [0.05, 0.1) is 0 Å². The Balaban J connectivity index is 2.26. The first-order valence-corrected chi connectivity index (χ1v) is 9.11. The van der Waals surface area contributed by atoms with E-state index in [-0.39, 0.29) is 0 Å². The summed E-state index contributed by atoms with van der Waals surface area (Å²) in [6, 6.07) is 7.67. The number of hydrogen-bond acceptors (Lipinski definition) is 2. The Morgan fingerprint density at radius 1 is 1.29 bits per heavy atom. The summed E-state index contributed by atoms with van der Waals surface area (Å²) >= 11 is 3.64. The van der Waals surface area contributed by atoms with Gasteiger partial charge in [-0.05, 0) is 76.3 Å². The number of halogens is 1. The van der Waals surface area contributed by atoms with Crippen LogP contribution in [-0.4, -0.2) is 19.1 Å². The van der Waals surface area contributed by atoms with Crippen LogP contribution in [0.2, 0.25) is 0 Å². The third-order valence-electron chi connectivity index (χ3n) is 4.24. The molecule has 0 aromatic heterocycles. The van der Waals surface area contributed by atoms with Crippen LogP contribution in [0.4, 0.5) is 5.69 Å². The highest BCUT2D eigenvalue weighted by Gasteiger charge is 2.27. The first-order valence-electron chi connectivity index (χ1n) is 8.32. The van der Waals surface area contributed by atoms with Crippen molar-refractivity contribution in [2.75, 3.05) is 18.0 Å². The lowest BCUT2D eigenvalue weighted by Gasteiger charge is -2.33. The summed E-state index contributed by atoms with van der Waals surface area (Å²) in [5.41, 5.74) is 2.81. The average Bonchev–Trinajstić information content (AvgIpc) is 3.26. The predicted octanol–water partition coefficient (Wildman–Crippen LogP) is 5.13. The molecule has 1 aromatic carbocycles. The van der Waals surface area contributed by atoms with Gasteiger partial charge in [0.15, 0.2) is 0 Å². The van der Waals surface area contributed by atoms with Crippen LogP contribution in [0.25, 0.3) is 0 Å². The molecule has 1 aliphatic carbocycles. The maximum atomic E-state index is 3.64. The Bertz CT molecular complexity index is 455. The van der Waals surface area contributed by atoms with Crippen molar-refractivity contribution in [1.82, 2.24) is 5.32 Å². The van der Waals surface area contributed by atoms with Crippen molar-refractivity contribution in [3.05, 3.63) is 28.2 Å². The molecule has 0 radical (unpaired) electrons. The quantitative estimate of drug-likeness (QED) is 0.697. The van der Waals surface area contributed by atoms with Crippen LogP contribution in [-0.2, 0) is 0 Å². The molecule has 3 heteroatoms. The molecule has 1 atom stereocenters. The van der Waals surface area contributed by atoms with E-state index in [9.17, 15) is 0 Å². The van der Waals surface area contributed by atoms with Gasteiger partial charge in [-0.2, -0.15) is 0 Å². The van der Waals surface area contributed by atoms with E-state index in [0.29, 0.717) is 12.1 Å². The fourth-order valence-corrected chi connectivity index (χ4v) is 3.15. The molecule has 0 saturated heterocycles. The van der Waals surface area contributed by atoms with Crippen LogP contribution in [0, 0.1) is 5.92 Å². The molecular formula is C18H29BrN2. The Kier molecular flexibility index (Phi) is 6.12. The third kappa shape index (κ3) is 4.72. The zero-order valence-corrected chi connectivity index (χ0v) is 15.4. The van der Waals surface area contributed by atoms with E-state index in [1.54, 1.807) is 0 Å². The van der Waals surface area contributed by atoms with Crippen molar-refractivity contribution in [2.45, 2.75) is 59.0 Å². The second-order valence-electron chi connectivity index (χ2n) is 6.57. The molecule has 0 spiro atoms. The number of nitrogens with one attached hydrogen (secondary N) is 1. The van der Waals surface area contributed by atoms with Gasteiger partial charge in [0.1, 0.15) is 0 Å². The van der Waals surface area contributed by atoms with E-state index < -0.39 is 0 Å². The molecule has 0 bridgehead atoms. The van der Waals surface area contributed by atoms with Gasteiger partial charge in [-0.1, -0.05) is 22.9 Å². The lowest BCUT2D eigenvalue weighted by molar-refractivity contribution is 0.563. The lowest BCUT2D eigenvalue weighted by atomic mass is 10.0. The molecule has 2 nitrogen and oxygen atoms in total. The first kappa shape index (κ1) is 16.8. The summed E-state index contributed by atoms with van der Waals surface area (Å²) in [6.45, 7) is 11.4. The number of hydrogen-bond donors (Lipinski definition) is 1. The smallest absolute Gasteiger partial charge is 0.0417 e. The Hall–Kier alpha value is -0.540. The van der Waals surface area contributed by atoms with E-state index in [4.69, 9.17) is 0 Å². The molecule has 1 unspecified atom stereocenters. The minimum absolute atomic E-state index is 0.387. The van der Waals surface area contributed by atoms with Gasteiger partial charge in [-0.3, -0.25) is 0 Å². The van der Waals surface area contributed by atoms with Crippen LogP contribution in [0.5, 0.6) is 0 Å². The zero-order chi connectivity index (χ0) is 15.4. The van der Waals surface area contributed by atoms with Gasteiger partial charge in [0.2, 0.25) is 0 Å². The van der Waals surface area contributed by atoms with Crippen molar-refractivity contribution in [3.63, 3.8) is 0 Å². The standard InChI is InChI=1S/C18H29BrN2/c1-5-10-20-14(4)17-11-16(19)8-9-18(17)21(13(2)3)12-15-6-7-15/h8-9,11,13-15,20H,5-7,10,12H2,1-4H3. The van der Waals surface area contributed by atoms with Gasteiger partial charge in [-0.25, -0.2) is 0 Å². The molecule has 1 saturated carbocycles. The van der Waals surface area contributed by atoms with Crippen molar-refractivity contribution in [1.29, 1.82) is 0 Å². The van der Waals surface area contributed by atoms with E-state index >= 15 is 0 Å². The zero-order valence-electron chi connectivity index (χ0n) is 13.8. The predicted molar refractivity (Wildman–Crippen MR) is 96.1 cm³/mol. The lowest BCUT2D eigenvalue weighted by Crippen LogP contribution is -2.34. The van der Waals surface area contributed by atoms with Gasteiger partial charge in [0.25, 0.3) is 0 Å². The molecule has 0 heterocycles. The summed E-state index contributed by atoms with van der Waals surface area (Å²) < 4.78 is 1.17. The molecule has 1 N–H and O–H groups in total. The first-order chi connectivity index (χ1) is 10.0. The highest BCUT2D eigenvalue weighted by molar-refractivity contribution is 9.10. The molecule has 0 aliphatic heterocycles. The van der Waals surface area contributed by atoms with Crippen LogP contribution >= 0.6 is 15.9 Å².